The molecule has 0 saturated carbocycles. The van der Waals surface area contributed by atoms with Gasteiger partial charge in [0, 0.05) is 0 Å². The van der Waals surface area contributed by atoms with Gasteiger partial charge < -0.3 is 9.64 Å². The van der Waals surface area contributed by atoms with Gasteiger partial charge >= 0.3 is 0 Å². The number of ether oxygens (including phenoxy) is 1. The standard InChI is InChI=1S/C23H25N3O/c1-14-8-7-9-18-22(14)27-20-13-25-24-12-19(20)26(18)21-15(2)10-17(11-16(21)3)23(4,5)6/h7-13H,1-6H3. The van der Waals surface area contributed by atoms with Crippen LogP contribution in [0.3, 0.4) is 0 Å². The molecular formula is C23H25N3O. The van der Waals surface area contributed by atoms with Crippen LogP contribution in [-0.4, -0.2) is 10.2 Å². The van der Waals surface area contributed by atoms with Gasteiger partial charge in [0.1, 0.15) is 5.69 Å². The van der Waals surface area contributed by atoms with Crippen LogP contribution in [0.5, 0.6) is 11.5 Å². The summed E-state index contributed by atoms with van der Waals surface area (Å²) in [6.07, 6.45) is 3.46. The maximum Gasteiger partial charge on any atom is 0.173 e. The molecule has 4 nitrogen and oxygen atoms in total. The number of rotatable bonds is 1. The van der Waals surface area contributed by atoms with Gasteiger partial charge in [-0.05, 0) is 54.5 Å². The second-order valence-electron chi connectivity index (χ2n) is 8.31. The Balaban J connectivity index is 1.99. The zero-order valence-electron chi connectivity index (χ0n) is 16.8. The number of aryl methyl sites for hydroxylation is 3. The van der Waals surface area contributed by atoms with Gasteiger partial charge in [0.05, 0.1) is 23.8 Å². The van der Waals surface area contributed by atoms with E-state index in [1.54, 1.807) is 12.4 Å². The second kappa shape index (κ2) is 6.08. The quantitative estimate of drug-likeness (QED) is 0.401. The first-order valence-electron chi connectivity index (χ1n) is 9.27. The third-order valence-corrected chi connectivity index (χ3v) is 5.14. The first-order chi connectivity index (χ1) is 12.8. The van der Waals surface area contributed by atoms with Crippen molar-refractivity contribution in [1.29, 1.82) is 0 Å². The van der Waals surface area contributed by atoms with E-state index in [2.05, 4.69) is 87.0 Å². The summed E-state index contributed by atoms with van der Waals surface area (Å²) in [4.78, 5) is 2.26. The molecule has 138 valence electrons. The molecule has 0 fully saturated rings. The van der Waals surface area contributed by atoms with Crippen molar-refractivity contribution in [3.8, 4) is 11.5 Å². The minimum absolute atomic E-state index is 0.108. The fourth-order valence-corrected chi connectivity index (χ4v) is 3.72. The molecule has 1 aliphatic heterocycles. The van der Waals surface area contributed by atoms with Gasteiger partial charge in [-0.3, -0.25) is 0 Å². The van der Waals surface area contributed by atoms with Gasteiger partial charge in [0.25, 0.3) is 0 Å². The molecule has 0 unspecified atom stereocenters. The smallest absolute Gasteiger partial charge is 0.173 e. The summed E-state index contributed by atoms with van der Waals surface area (Å²) in [5.41, 5.74) is 8.13. The normalized spacial score (nSPS) is 13.0. The molecule has 3 aromatic rings. The molecule has 2 aromatic carbocycles. The lowest BCUT2D eigenvalue weighted by Gasteiger charge is -2.35. The van der Waals surface area contributed by atoms with Gasteiger partial charge in [0.2, 0.25) is 0 Å². The molecular weight excluding hydrogens is 334 g/mol. The van der Waals surface area contributed by atoms with E-state index in [0.29, 0.717) is 0 Å². The minimum Gasteiger partial charge on any atom is -0.451 e. The summed E-state index contributed by atoms with van der Waals surface area (Å²) in [5, 5.41) is 8.13. The highest BCUT2D eigenvalue weighted by Crippen LogP contribution is 2.52. The van der Waals surface area contributed by atoms with Gasteiger partial charge in [-0.1, -0.05) is 45.0 Å². The van der Waals surface area contributed by atoms with Crippen molar-refractivity contribution in [2.75, 3.05) is 4.90 Å². The highest BCUT2D eigenvalue weighted by atomic mass is 16.5. The molecule has 0 amide bonds. The predicted molar refractivity (Wildman–Crippen MR) is 110 cm³/mol. The molecule has 2 heterocycles. The van der Waals surface area contributed by atoms with Crippen molar-refractivity contribution in [3.63, 3.8) is 0 Å². The number of nitrogens with zero attached hydrogens (tertiary/aromatic N) is 3. The van der Waals surface area contributed by atoms with Crippen LogP contribution in [-0.2, 0) is 5.41 Å². The summed E-state index contributed by atoms with van der Waals surface area (Å²) in [7, 11) is 0. The van der Waals surface area contributed by atoms with Crippen molar-refractivity contribution in [2.45, 2.75) is 47.0 Å². The molecule has 0 N–H and O–H groups in total. The van der Waals surface area contributed by atoms with Crippen molar-refractivity contribution < 1.29 is 4.74 Å². The Morgan fingerprint density at radius 2 is 1.52 bits per heavy atom. The van der Waals surface area contributed by atoms with E-state index in [0.717, 1.165) is 28.4 Å². The van der Waals surface area contributed by atoms with E-state index in [1.165, 1.54) is 22.4 Å². The fourth-order valence-electron chi connectivity index (χ4n) is 3.72. The Bertz CT molecular complexity index is 1010. The zero-order valence-corrected chi connectivity index (χ0v) is 16.8. The highest BCUT2D eigenvalue weighted by Gasteiger charge is 2.30. The Labute approximate surface area is 160 Å². The third-order valence-electron chi connectivity index (χ3n) is 5.14. The van der Waals surface area contributed by atoms with E-state index in [4.69, 9.17) is 4.74 Å². The first kappa shape index (κ1) is 17.5. The van der Waals surface area contributed by atoms with Crippen molar-refractivity contribution in [2.24, 2.45) is 0 Å². The Morgan fingerprint density at radius 1 is 0.852 bits per heavy atom. The second-order valence-corrected chi connectivity index (χ2v) is 8.31. The van der Waals surface area contributed by atoms with Crippen molar-refractivity contribution >= 4 is 17.1 Å². The van der Waals surface area contributed by atoms with Crippen LogP contribution in [0, 0.1) is 20.8 Å². The van der Waals surface area contributed by atoms with Crippen molar-refractivity contribution in [3.05, 3.63) is 65.0 Å². The Hall–Kier alpha value is -2.88. The van der Waals surface area contributed by atoms with Crippen LogP contribution in [0.2, 0.25) is 0 Å². The molecule has 1 aliphatic rings. The number of anilines is 3. The summed E-state index contributed by atoms with van der Waals surface area (Å²) in [6.45, 7) is 13.2. The fraction of sp³-hybridized carbons (Fsp3) is 0.304. The van der Waals surface area contributed by atoms with Gasteiger partial charge in [-0.25, -0.2) is 0 Å². The molecule has 1 aromatic heterocycles. The Kier molecular flexibility index (Phi) is 3.95. The number of aromatic nitrogens is 2. The van der Waals surface area contributed by atoms with Crippen molar-refractivity contribution in [1.82, 2.24) is 10.2 Å². The molecule has 0 radical (unpaired) electrons. The summed E-state index contributed by atoms with van der Waals surface area (Å²) >= 11 is 0. The van der Waals surface area contributed by atoms with Crippen LogP contribution in [0.1, 0.15) is 43.0 Å². The summed E-state index contributed by atoms with van der Waals surface area (Å²) in [5.74, 6) is 1.60. The maximum atomic E-state index is 6.17. The van der Waals surface area contributed by atoms with Crippen LogP contribution in [0.25, 0.3) is 0 Å². The number of fused-ring (bicyclic) bond motifs is 2. The average molecular weight is 359 g/mol. The lowest BCUT2D eigenvalue weighted by atomic mass is 9.84. The third kappa shape index (κ3) is 2.85. The molecule has 0 spiro atoms. The molecule has 0 saturated heterocycles. The highest BCUT2D eigenvalue weighted by molar-refractivity contribution is 5.88. The number of para-hydroxylation sites is 1. The van der Waals surface area contributed by atoms with Crippen LogP contribution in [0.4, 0.5) is 17.1 Å². The number of hydrogen-bond acceptors (Lipinski definition) is 4. The molecule has 0 atom stereocenters. The van der Waals surface area contributed by atoms with Gasteiger partial charge in [-0.2, -0.15) is 10.2 Å². The summed E-state index contributed by atoms with van der Waals surface area (Å²) < 4.78 is 6.17. The zero-order chi connectivity index (χ0) is 19.3. The number of benzene rings is 2. The predicted octanol–water partition coefficient (Wildman–Crippen LogP) is 6.27. The molecule has 0 aliphatic carbocycles. The van der Waals surface area contributed by atoms with E-state index in [1.807, 2.05) is 0 Å². The van der Waals surface area contributed by atoms with Crippen LogP contribution < -0.4 is 9.64 Å². The molecule has 4 rings (SSSR count). The topological polar surface area (TPSA) is 38.3 Å². The van der Waals surface area contributed by atoms with Crippen LogP contribution >= 0.6 is 0 Å². The lowest BCUT2D eigenvalue weighted by molar-refractivity contribution is 0.469. The Morgan fingerprint density at radius 3 is 2.19 bits per heavy atom. The molecule has 27 heavy (non-hydrogen) atoms. The minimum atomic E-state index is 0.108. The van der Waals surface area contributed by atoms with Gasteiger partial charge in [-0.15, -0.1) is 0 Å². The van der Waals surface area contributed by atoms with E-state index in [9.17, 15) is 0 Å². The number of hydrogen-bond donors (Lipinski definition) is 0. The summed E-state index contributed by atoms with van der Waals surface area (Å²) in [6, 6.07) is 10.8. The lowest BCUT2D eigenvalue weighted by Crippen LogP contribution is -2.20. The largest absolute Gasteiger partial charge is 0.451 e. The first-order valence-corrected chi connectivity index (χ1v) is 9.27. The molecule has 4 heteroatoms. The van der Waals surface area contributed by atoms with Crippen LogP contribution in [0.15, 0.2) is 42.7 Å². The van der Waals surface area contributed by atoms with E-state index in [-0.39, 0.29) is 5.41 Å². The monoisotopic (exact) mass is 359 g/mol. The SMILES string of the molecule is Cc1cccc2c1Oc1cnncc1N2c1c(C)cc(C(C)(C)C)cc1C. The van der Waals surface area contributed by atoms with Gasteiger partial charge in [0.15, 0.2) is 11.5 Å². The van der Waals surface area contributed by atoms with E-state index < -0.39 is 0 Å². The molecule has 0 bridgehead atoms. The average Bonchev–Trinajstić information content (AvgIpc) is 2.60. The maximum absolute atomic E-state index is 6.17. The van der Waals surface area contributed by atoms with E-state index >= 15 is 0 Å².